The molecule has 0 saturated carbocycles. The van der Waals surface area contributed by atoms with E-state index in [0.29, 0.717) is 24.2 Å². The average molecular weight is 377 g/mol. The van der Waals surface area contributed by atoms with Gasteiger partial charge in [0, 0.05) is 25.2 Å². The Hall–Kier alpha value is -2.46. The van der Waals surface area contributed by atoms with E-state index in [1.807, 2.05) is 36.1 Å². The molecule has 1 amide bonds. The number of aryl methyl sites for hydroxylation is 1. The molecule has 0 unspecified atom stereocenters. The highest BCUT2D eigenvalue weighted by atomic mass is 16.2. The molecule has 2 aliphatic heterocycles. The summed E-state index contributed by atoms with van der Waals surface area (Å²) in [5.74, 6) is 0.106. The summed E-state index contributed by atoms with van der Waals surface area (Å²) in [6.45, 7) is 7.11. The summed E-state index contributed by atoms with van der Waals surface area (Å²) in [5.41, 5.74) is 1.94. The lowest BCUT2D eigenvalue weighted by molar-refractivity contribution is 0.0560. The maximum Gasteiger partial charge on any atom is 0.254 e. The quantitative estimate of drug-likeness (QED) is 0.799. The van der Waals surface area contributed by atoms with Crippen molar-refractivity contribution in [1.29, 1.82) is 0 Å². The number of amides is 1. The lowest BCUT2D eigenvalue weighted by Gasteiger charge is -2.34. The fourth-order valence-electron chi connectivity index (χ4n) is 4.90. The van der Waals surface area contributed by atoms with Crippen molar-refractivity contribution in [3.05, 3.63) is 71.3 Å². The number of hydrogen-bond donors (Lipinski definition) is 0. The number of fused-ring (bicyclic) bond motifs is 2. The van der Waals surface area contributed by atoms with E-state index in [0.717, 1.165) is 25.9 Å². The largest absolute Gasteiger partial charge is 0.334 e. The third kappa shape index (κ3) is 3.16. The van der Waals surface area contributed by atoms with Crippen LogP contribution in [-0.2, 0) is 6.42 Å². The highest BCUT2D eigenvalue weighted by Gasteiger charge is 2.54. The van der Waals surface area contributed by atoms with Crippen LogP contribution in [0.1, 0.15) is 46.5 Å². The normalized spacial score (nSPS) is 24.8. The number of carbonyl (C=O) groups excluding carboxylic acids is 2. The molecule has 0 bridgehead atoms. The van der Waals surface area contributed by atoms with Crippen molar-refractivity contribution >= 4 is 11.7 Å². The van der Waals surface area contributed by atoms with Crippen LogP contribution in [-0.4, -0.2) is 53.7 Å². The number of rotatable bonds is 5. The van der Waals surface area contributed by atoms with E-state index in [1.54, 1.807) is 6.07 Å². The number of nitrogens with zero attached hydrogens (tertiary/aromatic N) is 2. The van der Waals surface area contributed by atoms with Gasteiger partial charge in [0.1, 0.15) is 0 Å². The summed E-state index contributed by atoms with van der Waals surface area (Å²) < 4.78 is 0. The monoisotopic (exact) mass is 376 g/mol. The third-order valence-electron chi connectivity index (χ3n) is 6.40. The SMILES string of the molecule is CCN1C(=O)c2ccccc2C(=O)[C@@]2(C)CN(CCCc3ccccc3)C[C@@H]12. The van der Waals surface area contributed by atoms with Crippen LogP contribution in [0.5, 0.6) is 0 Å². The second-order valence-electron chi connectivity index (χ2n) is 8.22. The Labute approximate surface area is 167 Å². The molecule has 1 fully saturated rings. The standard InChI is InChI=1S/C24H28N2O2/c1-3-26-21-16-25(15-9-12-18-10-5-4-6-11-18)17-24(21,2)22(27)19-13-7-8-14-20(19)23(26)28/h4-8,10-11,13-14,21H,3,9,12,15-17H2,1-2H3/t21-,24+/m1/s1. The van der Waals surface area contributed by atoms with Gasteiger partial charge in [0.2, 0.25) is 0 Å². The minimum Gasteiger partial charge on any atom is -0.334 e. The third-order valence-corrected chi connectivity index (χ3v) is 6.40. The van der Waals surface area contributed by atoms with Gasteiger partial charge in [-0.05, 0) is 44.9 Å². The summed E-state index contributed by atoms with van der Waals surface area (Å²) in [7, 11) is 0. The Kier molecular flexibility index (Phi) is 5.07. The topological polar surface area (TPSA) is 40.6 Å². The molecule has 0 radical (unpaired) electrons. The molecule has 2 aliphatic rings. The van der Waals surface area contributed by atoms with Crippen molar-refractivity contribution in [2.75, 3.05) is 26.2 Å². The van der Waals surface area contributed by atoms with Crippen LogP contribution in [0.15, 0.2) is 54.6 Å². The number of hydrogen-bond acceptors (Lipinski definition) is 3. The van der Waals surface area contributed by atoms with Gasteiger partial charge >= 0.3 is 0 Å². The molecule has 0 N–H and O–H groups in total. The molecule has 28 heavy (non-hydrogen) atoms. The first-order chi connectivity index (χ1) is 13.5. The Balaban J connectivity index is 1.55. The summed E-state index contributed by atoms with van der Waals surface area (Å²) in [4.78, 5) is 30.9. The Morgan fingerprint density at radius 3 is 2.39 bits per heavy atom. The molecule has 4 nitrogen and oxygen atoms in total. The number of likely N-dealkylation sites (tertiary alicyclic amines) is 1. The molecule has 2 atom stereocenters. The lowest BCUT2D eigenvalue weighted by atomic mass is 9.78. The fraction of sp³-hybridized carbons (Fsp3) is 0.417. The van der Waals surface area contributed by atoms with Crippen LogP contribution in [0.3, 0.4) is 0 Å². The molecule has 2 heterocycles. The highest BCUT2D eigenvalue weighted by Crippen LogP contribution is 2.41. The summed E-state index contributed by atoms with van der Waals surface area (Å²) in [6.07, 6.45) is 2.09. The molecule has 146 valence electrons. The van der Waals surface area contributed by atoms with Gasteiger partial charge in [-0.3, -0.25) is 9.59 Å². The van der Waals surface area contributed by atoms with Crippen molar-refractivity contribution in [3.63, 3.8) is 0 Å². The van der Waals surface area contributed by atoms with E-state index in [1.165, 1.54) is 5.56 Å². The zero-order valence-electron chi connectivity index (χ0n) is 16.7. The number of ketones is 1. The van der Waals surface area contributed by atoms with Gasteiger partial charge in [-0.15, -0.1) is 0 Å². The van der Waals surface area contributed by atoms with Gasteiger partial charge in [0.05, 0.1) is 17.0 Å². The van der Waals surface area contributed by atoms with Crippen LogP contribution >= 0.6 is 0 Å². The van der Waals surface area contributed by atoms with E-state index in [-0.39, 0.29) is 17.7 Å². The maximum atomic E-state index is 13.5. The lowest BCUT2D eigenvalue weighted by Crippen LogP contribution is -2.49. The predicted octanol–water partition coefficient (Wildman–Crippen LogP) is 3.67. The van der Waals surface area contributed by atoms with Gasteiger partial charge in [0.25, 0.3) is 5.91 Å². The summed E-state index contributed by atoms with van der Waals surface area (Å²) in [6, 6.07) is 17.7. The number of benzene rings is 2. The number of carbonyl (C=O) groups is 2. The summed E-state index contributed by atoms with van der Waals surface area (Å²) in [5, 5.41) is 0. The molecule has 0 aromatic heterocycles. The molecular formula is C24H28N2O2. The van der Waals surface area contributed by atoms with Crippen LogP contribution in [0.2, 0.25) is 0 Å². The predicted molar refractivity (Wildman–Crippen MR) is 111 cm³/mol. The Bertz CT molecular complexity index is 879. The van der Waals surface area contributed by atoms with E-state index in [2.05, 4.69) is 36.1 Å². The molecule has 1 saturated heterocycles. The molecule has 0 aliphatic carbocycles. The maximum absolute atomic E-state index is 13.5. The second kappa shape index (κ2) is 7.51. The van der Waals surface area contributed by atoms with Gasteiger partial charge < -0.3 is 9.80 Å². The zero-order valence-corrected chi connectivity index (χ0v) is 16.7. The van der Waals surface area contributed by atoms with Crippen LogP contribution < -0.4 is 0 Å². The smallest absolute Gasteiger partial charge is 0.254 e. The zero-order chi connectivity index (χ0) is 19.7. The first-order valence-corrected chi connectivity index (χ1v) is 10.3. The van der Waals surface area contributed by atoms with Crippen molar-refractivity contribution in [2.24, 2.45) is 5.41 Å². The number of likely N-dealkylation sites (N-methyl/N-ethyl adjacent to an activating group) is 1. The molecule has 2 aromatic rings. The van der Waals surface area contributed by atoms with Crippen LogP contribution in [0.25, 0.3) is 0 Å². The van der Waals surface area contributed by atoms with E-state index in [9.17, 15) is 9.59 Å². The van der Waals surface area contributed by atoms with E-state index in [4.69, 9.17) is 0 Å². The fourth-order valence-corrected chi connectivity index (χ4v) is 4.90. The van der Waals surface area contributed by atoms with Crippen molar-refractivity contribution in [3.8, 4) is 0 Å². The van der Waals surface area contributed by atoms with Gasteiger partial charge in [0.15, 0.2) is 5.78 Å². The Morgan fingerprint density at radius 2 is 1.68 bits per heavy atom. The van der Waals surface area contributed by atoms with Gasteiger partial charge in [-0.1, -0.05) is 48.5 Å². The molecular weight excluding hydrogens is 348 g/mol. The molecule has 2 aromatic carbocycles. The van der Waals surface area contributed by atoms with Crippen molar-refractivity contribution in [2.45, 2.75) is 32.7 Å². The highest BCUT2D eigenvalue weighted by molar-refractivity contribution is 6.12. The summed E-state index contributed by atoms with van der Waals surface area (Å²) >= 11 is 0. The van der Waals surface area contributed by atoms with Crippen molar-refractivity contribution < 1.29 is 9.59 Å². The molecule has 0 spiro atoms. The van der Waals surface area contributed by atoms with E-state index >= 15 is 0 Å². The van der Waals surface area contributed by atoms with Crippen LogP contribution in [0.4, 0.5) is 0 Å². The first-order valence-electron chi connectivity index (χ1n) is 10.3. The number of Topliss-reactive ketones (excluding diaryl/α,β-unsaturated/α-hetero) is 1. The minimum absolute atomic E-state index is 0.00805. The van der Waals surface area contributed by atoms with Crippen LogP contribution in [0, 0.1) is 5.41 Å². The van der Waals surface area contributed by atoms with Gasteiger partial charge in [-0.2, -0.15) is 0 Å². The second-order valence-corrected chi connectivity index (χ2v) is 8.22. The molecule has 4 heteroatoms. The minimum atomic E-state index is -0.551. The van der Waals surface area contributed by atoms with Gasteiger partial charge in [-0.25, -0.2) is 0 Å². The first kappa shape index (κ1) is 18.9. The van der Waals surface area contributed by atoms with E-state index < -0.39 is 5.41 Å². The Morgan fingerprint density at radius 1 is 1.00 bits per heavy atom. The van der Waals surface area contributed by atoms with Crippen molar-refractivity contribution in [1.82, 2.24) is 9.80 Å². The average Bonchev–Trinajstić information content (AvgIpc) is 3.03. The molecule has 4 rings (SSSR count).